The number of rotatable bonds is 3. The summed E-state index contributed by atoms with van der Waals surface area (Å²) >= 11 is 6.19. The van der Waals surface area contributed by atoms with Crippen molar-refractivity contribution in [1.29, 1.82) is 0 Å². The van der Waals surface area contributed by atoms with E-state index < -0.39 is 4.92 Å². The number of halogens is 1. The Hall–Kier alpha value is -2.78. The van der Waals surface area contributed by atoms with Crippen molar-refractivity contribution in [2.75, 3.05) is 44.7 Å². The molecule has 4 rings (SSSR count). The summed E-state index contributed by atoms with van der Waals surface area (Å²) in [6, 6.07) is 3.94. The first-order valence-electron chi connectivity index (χ1n) is 9.86. The lowest BCUT2D eigenvalue weighted by Gasteiger charge is -2.37. The zero-order valence-electron chi connectivity index (χ0n) is 17.0. The van der Waals surface area contributed by atoms with Gasteiger partial charge in [-0.05, 0) is 20.0 Å². The fraction of sp³-hybridized carbons (Fsp3) is 0.450. The third kappa shape index (κ3) is 3.95. The van der Waals surface area contributed by atoms with Gasteiger partial charge in [0.15, 0.2) is 0 Å². The van der Waals surface area contributed by atoms with Crippen molar-refractivity contribution in [3.05, 3.63) is 56.0 Å². The van der Waals surface area contributed by atoms with Crippen LogP contribution in [0.1, 0.15) is 27.4 Å². The van der Waals surface area contributed by atoms with Crippen molar-refractivity contribution in [1.82, 2.24) is 19.8 Å². The van der Waals surface area contributed by atoms with E-state index in [1.807, 2.05) is 6.92 Å². The third-order valence-corrected chi connectivity index (χ3v) is 5.95. The Morgan fingerprint density at radius 1 is 1.17 bits per heavy atom. The Bertz CT molecular complexity index is 1010. The first kappa shape index (κ1) is 20.5. The number of nitrogens with zero attached hydrogens (tertiary/aromatic N) is 6. The molecule has 2 aromatic rings. The number of hydrogen-bond donors (Lipinski definition) is 0. The van der Waals surface area contributed by atoms with Gasteiger partial charge in [-0.1, -0.05) is 11.6 Å². The minimum atomic E-state index is -0.528. The number of aromatic nitrogens is 2. The minimum absolute atomic E-state index is 0.0828. The van der Waals surface area contributed by atoms with E-state index in [1.54, 1.807) is 4.90 Å². The summed E-state index contributed by atoms with van der Waals surface area (Å²) in [5.41, 5.74) is 2.08. The third-order valence-electron chi connectivity index (χ3n) is 5.63. The molecule has 0 aliphatic carbocycles. The maximum Gasteiger partial charge on any atom is 0.270 e. The smallest absolute Gasteiger partial charge is 0.270 e. The summed E-state index contributed by atoms with van der Waals surface area (Å²) in [7, 11) is 2.10. The van der Waals surface area contributed by atoms with Crippen LogP contribution < -0.4 is 4.90 Å². The molecule has 30 heavy (non-hydrogen) atoms. The monoisotopic (exact) mass is 430 g/mol. The molecule has 2 aliphatic heterocycles. The highest BCUT2D eigenvalue weighted by molar-refractivity contribution is 6.34. The van der Waals surface area contributed by atoms with Gasteiger partial charge in [-0.2, -0.15) is 0 Å². The van der Waals surface area contributed by atoms with E-state index in [1.165, 1.54) is 18.2 Å². The van der Waals surface area contributed by atoms with E-state index >= 15 is 0 Å². The quantitative estimate of drug-likeness (QED) is 0.544. The van der Waals surface area contributed by atoms with Crippen molar-refractivity contribution >= 4 is 29.0 Å². The summed E-state index contributed by atoms with van der Waals surface area (Å²) in [6.45, 7) is 6.47. The van der Waals surface area contributed by atoms with Gasteiger partial charge in [0.05, 0.1) is 27.7 Å². The summed E-state index contributed by atoms with van der Waals surface area (Å²) < 4.78 is 0. The van der Waals surface area contributed by atoms with Crippen LogP contribution in [0.4, 0.5) is 11.5 Å². The SMILES string of the molecule is Cc1nc2c(c(N3CCN(C)CC3)n1)CN(C(=O)c1ccc([N+](=O)[O-])cc1Cl)CC2. The predicted molar refractivity (Wildman–Crippen MR) is 113 cm³/mol. The fourth-order valence-corrected chi connectivity index (χ4v) is 4.19. The van der Waals surface area contributed by atoms with E-state index in [4.69, 9.17) is 16.6 Å². The number of benzene rings is 1. The number of aryl methyl sites for hydroxylation is 1. The molecule has 0 unspecified atom stereocenters. The van der Waals surface area contributed by atoms with Crippen molar-refractivity contribution in [2.45, 2.75) is 19.9 Å². The van der Waals surface area contributed by atoms with E-state index in [0.29, 0.717) is 19.5 Å². The summed E-state index contributed by atoms with van der Waals surface area (Å²) in [6.07, 6.45) is 0.635. The number of carbonyl (C=O) groups excluding carboxylic acids is 1. The normalized spacial score (nSPS) is 17.0. The number of likely N-dealkylation sites (N-methyl/N-ethyl adjacent to an activating group) is 1. The second-order valence-electron chi connectivity index (χ2n) is 7.71. The Morgan fingerprint density at radius 3 is 2.57 bits per heavy atom. The minimum Gasteiger partial charge on any atom is -0.354 e. The zero-order chi connectivity index (χ0) is 21.4. The molecular weight excluding hydrogens is 408 g/mol. The highest BCUT2D eigenvalue weighted by Crippen LogP contribution is 2.30. The number of carbonyl (C=O) groups is 1. The van der Waals surface area contributed by atoms with Crippen LogP contribution in [-0.2, 0) is 13.0 Å². The van der Waals surface area contributed by atoms with Gasteiger partial charge in [0.1, 0.15) is 11.6 Å². The molecular formula is C20H23ClN6O3. The molecule has 9 nitrogen and oxygen atoms in total. The van der Waals surface area contributed by atoms with Crippen molar-refractivity contribution in [3.8, 4) is 0 Å². The van der Waals surface area contributed by atoms with Gasteiger partial charge in [-0.15, -0.1) is 0 Å². The number of anilines is 1. The molecule has 1 aromatic heterocycles. The van der Waals surface area contributed by atoms with Crippen molar-refractivity contribution in [3.63, 3.8) is 0 Å². The largest absolute Gasteiger partial charge is 0.354 e. The topological polar surface area (TPSA) is 95.7 Å². The first-order valence-corrected chi connectivity index (χ1v) is 10.2. The second-order valence-corrected chi connectivity index (χ2v) is 8.12. The lowest BCUT2D eigenvalue weighted by molar-refractivity contribution is -0.384. The van der Waals surface area contributed by atoms with Crippen LogP contribution in [0.15, 0.2) is 18.2 Å². The molecule has 3 heterocycles. The molecule has 0 atom stereocenters. The van der Waals surface area contributed by atoms with Crippen LogP contribution in [0.25, 0.3) is 0 Å². The average molecular weight is 431 g/mol. The summed E-state index contributed by atoms with van der Waals surface area (Å²) in [4.78, 5) is 39.1. The molecule has 10 heteroatoms. The van der Waals surface area contributed by atoms with Crippen LogP contribution in [0.3, 0.4) is 0 Å². The molecule has 0 spiro atoms. The molecule has 2 aliphatic rings. The van der Waals surface area contributed by atoms with E-state index in [-0.39, 0.29) is 22.2 Å². The van der Waals surface area contributed by atoms with Gasteiger partial charge in [-0.3, -0.25) is 14.9 Å². The number of nitro groups is 1. The zero-order valence-corrected chi connectivity index (χ0v) is 17.7. The standard InChI is InChI=1S/C20H23ClN6O3/c1-13-22-18-5-6-26(20(28)15-4-3-14(27(29)30)11-17(15)21)12-16(18)19(23-13)25-9-7-24(2)8-10-25/h3-4,11H,5-10,12H2,1-2H3. The number of nitro benzene ring substituents is 1. The Balaban J connectivity index is 1.61. The lowest BCUT2D eigenvalue weighted by Crippen LogP contribution is -2.46. The van der Waals surface area contributed by atoms with Gasteiger partial charge in [0.2, 0.25) is 0 Å². The van der Waals surface area contributed by atoms with E-state index in [9.17, 15) is 14.9 Å². The number of piperazine rings is 1. The average Bonchev–Trinajstić information content (AvgIpc) is 2.73. The molecule has 0 bridgehead atoms. The van der Waals surface area contributed by atoms with Crippen molar-refractivity contribution in [2.24, 2.45) is 0 Å². The second kappa shape index (κ2) is 8.16. The van der Waals surface area contributed by atoms with Gasteiger partial charge < -0.3 is 14.7 Å². The molecule has 1 fully saturated rings. The molecule has 1 aromatic carbocycles. The Morgan fingerprint density at radius 2 is 1.90 bits per heavy atom. The van der Waals surface area contributed by atoms with E-state index in [0.717, 1.165) is 49.1 Å². The van der Waals surface area contributed by atoms with Gasteiger partial charge in [-0.25, -0.2) is 9.97 Å². The highest BCUT2D eigenvalue weighted by atomic mass is 35.5. The van der Waals surface area contributed by atoms with Gasteiger partial charge in [0.25, 0.3) is 11.6 Å². The number of non-ortho nitro benzene ring substituents is 1. The van der Waals surface area contributed by atoms with Crippen LogP contribution in [0.2, 0.25) is 5.02 Å². The molecule has 0 N–H and O–H groups in total. The Kier molecular flexibility index (Phi) is 5.57. The fourth-order valence-electron chi connectivity index (χ4n) is 3.93. The lowest BCUT2D eigenvalue weighted by atomic mass is 10.0. The predicted octanol–water partition coefficient (Wildman–Crippen LogP) is 2.30. The van der Waals surface area contributed by atoms with Crippen LogP contribution in [0, 0.1) is 17.0 Å². The van der Waals surface area contributed by atoms with Gasteiger partial charge in [0, 0.05) is 56.8 Å². The van der Waals surface area contributed by atoms with Crippen LogP contribution in [0.5, 0.6) is 0 Å². The molecule has 158 valence electrons. The van der Waals surface area contributed by atoms with Gasteiger partial charge >= 0.3 is 0 Å². The molecule has 0 radical (unpaired) electrons. The number of amides is 1. The molecule has 1 saturated heterocycles. The summed E-state index contributed by atoms with van der Waals surface area (Å²) in [5.74, 6) is 1.39. The van der Waals surface area contributed by atoms with Crippen LogP contribution >= 0.6 is 11.6 Å². The maximum absolute atomic E-state index is 13.1. The number of fused-ring (bicyclic) bond motifs is 1. The Labute approximate surface area is 179 Å². The summed E-state index contributed by atoms with van der Waals surface area (Å²) in [5, 5.41) is 11.0. The maximum atomic E-state index is 13.1. The molecule has 1 amide bonds. The van der Waals surface area contributed by atoms with Crippen LogP contribution in [-0.4, -0.2) is 70.4 Å². The van der Waals surface area contributed by atoms with Crippen molar-refractivity contribution < 1.29 is 9.72 Å². The first-order chi connectivity index (χ1) is 14.3. The molecule has 0 saturated carbocycles. The highest BCUT2D eigenvalue weighted by Gasteiger charge is 2.29. The number of hydrogen-bond acceptors (Lipinski definition) is 7. The van der Waals surface area contributed by atoms with E-state index in [2.05, 4.69) is 21.8 Å².